The Labute approximate surface area is 78.9 Å². The molecule has 1 N–H and O–H groups in total. The van der Waals surface area contributed by atoms with Crippen molar-refractivity contribution in [3.8, 4) is 0 Å². The van der Waals surface area contributed by atoms with E-state index < -0.39 is 12.1 Å². The minimum atomic E-state index is -4.14. The van der Waals surface area contributed by atoms with Gasteiger partial charge in [0.1, 0.15) is 5.82 Å². The zero-order valence-corrected chi connectivity index (χ0v) is 7.60. The number of hydrogen-bond acceptors (Lipinski definition) is 2. The number of hydrogen-bond donors (Lipinski definition) is 1. The van der Waals surface area contributed by atoms with Crippen molar-refractivity contribution >= 4 is 5.82 Å². The second kappa shape index (κ2) is 2.90. The molecule has 3 nitrogen and oxygen atoms in total. The molecule has 1 aliphatic heterocycles. The molecule has 78 valence electrons. The molecule has 2 rings (SSSR count). The highest BCUT2D eigenvalue weighted by molar-refractivity contribution is 5.44. The number of alkyl halides is 3. The maximum absolute atomic E-state index is 12.4. The smallest absolute Gasteiger partial charge is 0.369 e. The Kier molecular flexibility index (Phi) is 1.94. The fourth-order valence-corrected chi connectivity index (χ4v) is 1.61. The number of nitrogens with one attached hydrogen (secondary N) is 1. The summed E-state index contributed by atoms with van der Waals surface area (Å²) in [5.41, 5.74) is 0.501. The first-order chi connectivity index (χ1) is 6.48. The summed E-state index contributed by atoms with van der Waals surface area (Å²) >= 11 is 0. The lowest BCUT2D eigenvalue weighted by molar-refractivity contribution is -0.171. The van der Waals surface area contributed by atoms with Gasteiger partial charge < -0.3 is 9.88 Å². The molecule has 0 unspecified atom stereocenters. The van der Waals surface area contributed by atoms with Crippen molar-refractivity contribution in [1.82, 2.24) is 9.55 Å². The van der Waals surface area contributed by atoms with Crippen LogP contribution in [0.25, 0.3) is 0 Å². The van der Waals surface area contributed by atoms with Crippen LogP contribution >= 0.6 is 0 Å². The lowest BCUT2D eigenvalue weighted by Crippen LogP contribution is -2.35. The SMILES string of the molecule is Cn1cnc2c1NC[C@@H](C(F)(F)F)C2. The zero-order valence-electron chi connectivity index (χ0n) is 7.60. The monoisotopic (exact) mass is 205 g/mol. The molecule has 6 heteroatoms. The normalized spacial score (nSPS) is 21.6. The van der Waals surface area contributed by atoms with Crippen LogP contribution in [0.2, 0.25) is 0 Å². The highest BCUT2D eigenvalue weighted by Gasteiger charge is 2.42. The van der Waals surface area contributed by atoms with Gasteiger partial charge in [0.05, 0.1) is 17.9 Å². The largest absolute Gasteiger partial charge is 0.393 e. The predicted molar refractivity (Wildman–Crippen MR) is 44.9 cm³/mol. The van der Waals surface area contributed by atoms with E-state index in [-0.39, 0.29) is 13.0 Å². The van der Waals surface area contributed by atoms with Gasteiger partial charge in [-0.15, -0.1) is 0 Å². The molecule has 2 heterocycles. The maximum Gasteiger partial charge on any atom is 0.393 e. The summed E-state index contributed by atoms with van der Waals surface area (Å²) in [7, 11) is 1.76. The van der Waals surface area contributed by atoms with Gasteiger partial charge in [-0.1, -0.05) is 0 Å². The first kappa shape index (κ1) is 9.36. The number of rotatable bonds is 0. The molecule has 1 aromatic heterocycles. The third kappa shape index (κ3) is 1.44. The molecular weight excluding hydrogens is 195 g/mol. The van der Waals surface area contributed by atoms with Crippen LogP contribution in [-0.4, -0.2) is 22.3 Å². The number of aromatic nitrogens is 2. The Morgan fingerprint density at radius 2 is 2.29 bits per heavy atom. The standard InChI is InChI=1S/C8H10F3N3/c1-14-4-13-6-2-5(8(9,10)11)3-12-7(6)14/h4-5,12H,2-3H2,1H3/t5-/m0/s1. The number of halogens is 3. The molecule has 0 amide bonds. The summed E-state index contributed by atoms with van der Waals surface area (Å²) in [4.78, 5) is 3.92. The summed E-state index contributed by atoms with van der Waals surface area (Å²) in [6, 6.07) is 0. The lowest BCUT2D eigenvalue weighted by atomic mass is 9.99. The topological polar surface area (TPSA) is 29.9 Å². The molecule has 0 radical (unpaired) electrons. The van der Waals surface area contributed by atoms with Crippen molar-refractivity contribution in [2.24, 2.45) is 13.0 Å². The van der Waals surface area contributed by atoms with Crippen LogP contribution < -0.4 is 5.32 Å². The van der Waals surface area contributed by atoms with Gasteiger partial charge in [0.25, 0.3) is 0 Å². The van der Waals surface area contributed by atoms with Crippen LogP contribution in [0, 0.1) is 5.92 Å². The lowest BCUT2D eigenvalue weighted by Gasteiger charge is -2.25. The van der Waals surface area contributed by atoms with Gasteiger partial charge in [-0.3, -0.25) is 0 Å². The van der Waals surface area contributed by atoms with Gasteiger partial charge in [-0.2, -0.15) is 13.2 Å². The van der Waals surface area contributed by atoms with Crippen molar-refractivity contribution in [2.45, 2.75) is 12.6 Å². The molecule has 1 aliphatic rings. The number of fused-ring (bicyclic) bond motifs is 1. The van der Waals surface area contributed by atoms with E-state index in [0.717, 1.165) is 0 Å². The van der Waals surface area contributed by atoms with Crippen LogP contribution in [0.1, 0.15) is 5.69 Å². The van der Waals surface area contributed by atoms with Crippen molar-refractivity contribution in [3.05, 3.63) is 12.0 Å². The Balaban J connectivity index is 2.22. The third-order valence-corrected chi connectivity index (χ3v) is 2.43. The molecule has 0 fully saturated rings. The molecular formula is C8H10F3N3. The Bertz CT molecular complexity index is 342. The average molecular weight is 205 g/mol. The van der Waals surface area contributed by atoms with E-state index in [0.29, 0.717) is 11.5 Å². The Morgan fingerprint density at radius 1 is 1.57 bits per heavy atom. The third-order valence-electron chi connectivity index (χ3n) is 2.43. The second-order valence-electron chi connectivity index (χ2n) is 3.47. The number of imidazole rings is 1. The van der Waals surface area contributed by atoms with E-state index in [1.54, 1.807) is 11.6 Å². The number of aryl methyl sites for hydroxylation is 1. The van der Waals surface area contributed by atoms with Crippen LogP contribution in [0.15, 0.2) is 6.33 Å². The van der Waals surface area contributed by atoms with Gasteiger partial charge >= 0.3 is 6.18 Å². The average Bonchev–Trinajstić information content (AvgIpc) is 2.46. The summed E-state index contributed by atoms with van der Waals surface area (Å²) in [6.45, 7) is -0.0595. The van der Waals surface area contributed by atoms with Crippen LogP contribution in [0.3, 0.4) is 0 Å². The Hall–Kier alpha value is -1.20. The van der Waals surface area contributed by atoms with Crippen LogP contribution in [-0.2, 0) is 13.5 Å². The minimum Gasteiger partial charge on any atom is -0.369 e. The van der Waals surface area contributed by atoms with Gasteiger partial charge in [-0.05, 0) is 0 Å². The highest BCUT2D eigenvalue weighted by Crippen LogP contribution is 2.33. The van der Waals surface area contributed by atoms with Crippen LogP contribution in [0.5, 0.6) is 0 Å². The van der Waals surface area contributed by atoms with Crippen molar-refractivity contribution in [1.29, 1.82) is 0 Å². The molecule has 0 bridgehead atoms. The molecule has 0 aliphatic carbocycles. The van der Waals surface area contributed by atoms with E-state index in [9.17, 15) is 13.2 Å². The van der Waals surface area contributed by atoms with Gasteiger partial charge in [0.2, 0.25) is 0 Å². The van der Waals surface area contributed by atoms with E-state index in [1.807, 2.05) is 0 Å². The molecule has 0 spiro atoms. The molecule has 1 aromatic rings. The maximum atomic E-state index is 12.4. The minimum absolute atomic E-state index is 0.0212. The number of nitrogens with zero attached hydrogens (tertiary/aromatic N) is 2. The second-order valence-corrected chi connectivity index (χ2v) is 3.47. The fraction of sp³-hybridized carbons (Fsp3) is 0.625. The summed E-state index contributed by atoms with van der Waals surface area (Å²) in [5, 5.41) is 2.75. The summed E-state index contributed by atoms with van der Waals surface area (Å²) < 4.78 is 38.8. The fourth-order valence-electron chi connectivity index (χ4n) is 1.61. The van der Waals surface area contributed by atoms with Crippen molar-refractivity contribution < 1.29 is 13.2 Å². The van der Waals surface area contributed by atoms with Crippen LogP contribution in [0.4, 0.5) is 19.0 Å². The van der Waals surface area contributed by atoms with E-state index >= 15 is 0 Å². The molecule has 0 saturated heterocycles. The quantitative estimate of drug-likeness (QED) is 0.696. The first-order valence-corrected chi connectivity index (χ1v) is 4.29. The van der Waals surface area contributed by atoms with Crippen molar-refractivity contribution in [3.63, 3.8) is 0 Å². The molecule has 1 atom stereocenters. The molecule has 0 aromatic carbocycles. The van der Waals surface area contributed by atoms with Gasteiger partial charge in [0.15, 0.2) is 0 Å². The first-order valence-electron chi connectivity index (χ1n) is 4.29. The zero-order chi connectivity index (χ0) is 10.3. The molecule has 14 heavy (non-hydrogen) atoms. The molecule has 0 saturated carbocycles. The summed E-state index contributed by atoms with van der Waals surface area (Å²) in [5.74, 6) is -0.615. The van der Waals surface area contributed by atoms with E-state index in [2.05, 4.69) is 10.3 Å². The van der Waals surface area contributed by atoms with Gasteiger partial charge in [-0.25, -0.2) is 4.98 Å². The van der Waals surface area contributed by atoms with E-state index in [4.69, 9.17) is 0 Å². The predicted octanol–water partition coefficient (Wildman–Crippen LogP) is 1.57. The summed E-state index contributed by atoms with van der Waals surface area (Å²) in [6.07, 6.45) is -2.63. The Morgan fingerprint density at radius 3 is 2.93 bits per heavy atom. The van der Waals surface area contributed by atoms with Crippen molar-refractivity contribution in [2.75, 3.05) is 11.9 Å². The number of anilines is 1. The highest BCUT2D eigenvalue weighted by atomic mass is 19.4. The van der Waals surface area contributed by atoms with E-state index in [1.165, 1.54) is 6.33 Å². The van der Waals surface area contributed by atoms with Gasteiger partial charge in [0, 0.05) is 20.0 Å².